The van der Waals surface area contributed by atoms with Gasteiger partial charge in [0.1, 0.15) is 0 Å². The highest BCUT2D eigenvalue weighted by atomic mass is 32.1. The molecule has 0 radical (unpaired) electrons. The molecule has 1 unspecified atom stereocenters. The first-order valence-corrected chi connectivity index (χ1v) is 4.90. The first-order valence-electron chi connectivity index (χ1n) is 4.27. The zero-order chi connectivity index (χ0) is 8.97. The Labute approximate surface area is 78.2 Å². The lowest BCUT2D eigenvalue weighted by atomic mass is 10.1. The van der Waals surface area contributed by atoms with Crippen LogP contribution in [0.2, 0.25) is 0 Å². The second-order valence-corrected chi connectivity index (χ2v) is 3.53. The summed E-state index contributed by atoms with van der Waals surface area (Å²) >= 11 is 4.16. The number of nitrogens with zero attached hydrogens (tertiary/aromatic N) is 1. The van der Waals surface area contributed by atoms with Crippen molar-refractivity contribution in [3.05, 3.63) is 0 Å². The molecule has 4 heteroatoms. The molecule has 1 aliphatic heterocycles. The molecule has 1 heterocycles. The van der Waals surface area contributed by atoms with Crippen LogP contribution < -0.4 is 0 Å². The summed E-state index contributed by atoms with van der Waals surface area (Å²) in [7, 11) is 0. The minimum atomic E-state index is 0.162. The standard InChI is InChI=1S/C8H15NO2S/c10-3-1-2-9-5-7(6-12)4-8(9)11/h7,10,12H,1-6H2. The number of likely N-dealkylation sites (tertiary alicyclic amines) is 1. The highest BCUT2D eigenvalue weighted by Crippen LogP contribution is 2.18. The molecule has 3 nitrogen and oxygen atoms in total. The molecule has 1 fully saturated rings. The van der Waals surface area contributed by atoms with Crippen molar-refractivity contribution < 1.29 is 9.90 Å². The molecular weight excluding hydrogens is 174 g/mol. The van der Waals surface area contributed by atoms with E-state index < -0.39 is 0 Å². The number of carbonyl (C=O) groups excluding carboxylic acids is 1. The number of thiol groups is 1. The molecule has 0 aromatic rings. The van der Waals surface area contributed by atoms with Crippen molar-refractivity contribution in [1.29, 1.82) is 0 Å². The van der Waals surface area contributed by atoms with Gasteiger partial charge in [0.2, 0.25) is 5.91 Å². The van der Waals surface area contributed by atoms with Gasteiger partial charge >= 0.3 is 0 Å². The van der Waals surface area contributed by atoms with E-state index >= 15 is 0 Å². The van der Waals surface area contributed by atoms with Crippen molar-refractivity contribution in [3.63, 3.8) is 0 Å². The number of amides is 1. The minimum absolute atomic E-state index is 0.162. The number of hydrogen-bond donors (Lipinski definition) is 2. The van der Waals surface area contributed by atoms with Gasteiger partial charge < -0.3 is 10.0 Å². The zero-order valence-electron chi connectivity index (χ0n) is 7.07. The number of hydrogen-bond acceptors (Lipinski definition) is 3. The molecule has 0 aliphatic carbocycles. The van der Waals surface area contributed by atoms with E-state index in [0.717, 1.165) is 12.3 Å². The number of aliphatic hydroxyl groups is 1. The maximum absolute atomic E-state index is 11.3. The summed E-state index contributed by atoms with van der Waals surface area (Å²) in [6, 6.07) is 0. The second kappa shape index (κ2) is 4.72. The molecule has 1 N–H and O–H groups in total. The van der Waals surface area contributed by atoms with E-state index in [0.29, 0.717) is 25.3 Å². The number of rotatable bonds is 4. The first-order chi connectivity index (χ1) is 5.77. The fraction of sp³-hybridized carbons (Fsp3) is 0.875. The summed E-state index contributed by atoms with van der Waals surface area (Å²) in [6.45, 7) is 1.68. The van der Waals surface area contributed by atoms with Crippen molar-refractivity contribution in [2.45, 2.75) is 12.8 Å². The molecule has 70 valence electrons. The molecule has 12 heavy (non-hydrogen) atoms. The van der Waals surface area contributed by atoms with Crippen LogP contribution in [-0.4, -0.2) is 41.4 Å². The Hall–Kier alpha value is -0.220. The van der Waals surface area contributed by atoms with Crippen molar-refractivity contribution in [2.75, 3.05) is 25.4 Å². The Morgan fingerprint density at radius 3 is 2.92 bits per heavy atom. The summed E-state index contributed by atoms with van der Waals surface area (Å²) in [6.07, 6.45) is 1.32. The third-order valence-corrected chi connectivity index (χ3v) is 2.66. The van der Waals surface area contributed by atoms with Gasteiger partial charge in [-0.25, -0.2) is 0 Å². The summed E-state index contributed by atoms with van der Waals surface area (Å²) in [5, 5.41) is 8.58. The SMILES string of the molecule is O=C1CC(CS)CN1CCCO. The Morgan fingerprint density at radius 1 is 1.67 bits per heavy atom. The van der Waals surface area contributed by atoms with Crippen molar-refractivity contribution >= 4 is 18.5 Å². The Balaban J connectivity index is 2.31. The van der Waals surface area contributed by atoms with Crippen LogP contribution in [0.15, 0.2) is 0 Å². The van der Waals surface area contributed by atoms with Crippen LogP contribution in [0.5, 0.6) is 0 Å². The maximum Gasteiger partial charge on any atom is 0.222 e. The van der Waals surface area contributed by atoms with Gasteiger partial charge in [-0.15, -0.1) is 0 Å². The molecular formula is C8H15NO2S. The van der Waals surface area contributed by atoms with E-state index in [1.54, 1.807) is 0 Å². The van der Waals surface area contributed by atoms with E-state index in [2.05, 4.69) is 12.6 Å². The molecule has 0 bridgehead atoms. The molecule has 1 atom stereocenters. The number of aliphatic hydroxyl groups excluding tert-OH is 1. The van der Waals surface area contributed by atoms with Gasteiger partial charge in [-0.1, -0.05) is 0 Å². The van der Waals surface area contributed by atoms with Crippen LogP contribution in [0.3, 0.4) is 0 Å². The predicted octanol–water partition coefficient (Wildman–Crippen LogP) is 0.147. The lowest BCUT2D eigenvalue weighted by molar-refractivity contribution is -0.127. The monoisotopic (exact) mass is 189 g/mol. The summed E-state index contributed by atoms with van der Waals surface area (Å²) in [4.78, 5) is 13.1. The molecule has 1 rings (SSSR count). The molecule has 0 spiro atoms. The zero-order valence-corrected chi connectivity index (χ0v) is 7.96. The van der Waals surface area contributed by atoms with Gasteiger partial charge in [-0.05, 0) is 18.1 Å². The van der Waals surface area contributed by atoms with Crippen molar-refractivity contribution in [3.8, 4) is 0 Å². The summed E-state index contributed by atoms with van der Waals surface area (Å²) in [5.41, 5.74) is 0. The van der Waals surface area contributed by atoms with E-state index in [4.69, 9.17) is 5.11 Å². The average Bonchev–Trinajstić information content (AvgIpc) is 2.43. The van der Waals surface area contributed by atoms with E-state index in [-0.39, 0.29) is 12.5 Å². The predicted molar refractivity (Wildman–Crippen MR) is 50.2 cm³/mol. The summed E-state index contributed by atoms with van der Waals surface area (Å²) in [5.74, 6) is 1.41. The maximum atomic E-state index is 11.3. The first kappa shape index (κ1) is 9.86. The highest BCUT2D eigenvalue weighted by molar-refractivity contribution is 7.80. The highest BCUT2D eigenvalue weighted by Gasteiger charge is 2.27. The van der Waals surface area contributed by atoms with Gasteiger partial charge in [0.15, 0.2) is 0 Å². The normalized spacial score (nSPS) is 23.7. The smallest absolute Gasteiger partial charge is 0.222 e. The lowest BCUT2D eigenvalue weighted by Crippen LogP contribution is -2.27. The van der Waals surface area contributed by atoms with Crippen LogP contribution in [0.4, 0.5) is 0 Å². The lowest BCUT2D eigenvalue weighted by Gasteiger charge is -2.14. The quantitative estimate of drug-likeness (QED) is 0.618. The second-order valence-electron chi connectivity index (χ2n) is 3.17. The van der Waals surface area contributed by atoms with Crippen LogP contribution in [-0.2, 0) is 4.79 Å². The molecule has 0 aromatic carbocycles. The molecule has 1 aliphatic rings. The molecule has 1 amide bonds. The Bertz CT molecular complexity index is 163. The number of carbonyl (C=O) groups is 1. The van der Waals surface area contributed by atoms with Gasteiger partial charge in [-0.3, -0.25) is 4.79 Å². The van der Waals surface area contributed by atoms with Gasteiger partial charge in [0.25, 0.3) is 0 Å². The van der Waals surface area contributed by atoms with Gasteiger partial charge in [0, 0.05) is 26.1 Å². The van der Waals surface area contributed by atoms with Crippen LogP contribution in [0, 0.1) is 5.92 Å². The fourth-order valence-corrected chi connectivity index (χ4v) is 1.70. The topological polar surface area (TPSA) is 40.5 Å². The van der Waals surface area contributed by atoms with Crippen molar-refractivity contribution in [2.24, 2.45) is 5.92 Å². The average molecular weight is 189 g/mol. The molecule has 0 aromatic heterocycles. The molecule has 1 saturated heterocycles. The Morgan fingerprint density at radius 2 is 2.42 bits per heavy atom. The van der Waals surface area contributed by atoms with Crippen LogP contribution in [0.25, 0.3) is 0 Å². The largest absolute Gasteiger partial charge is 0.396 e. The third-order valence-electron chi connectivity index (χ3n) is 2.14. The van der Waals surface area contributed by atoms with Gasteiger partial charge in [0.05, 0.1) is 0 Å². The van der Waals surface area contributed by atoms with Crippen molar-refractivity contribution in [1.82, 2.24) is 4.90 Å². The minimum Gasteiger partial charge on any atom is -0.396 e. The Kier molecular flexibility index (Phi) is 3.88. The van der Waals surface area contributed by atoms with Crippen LogP contribution in [0.1, 0.15) is 12.8 Å². The van der Waals surface area contributed by atoms with E-state index in [1.165, 1.54) is 0 Å². The summed E-state index contributed by atoms with van der Waals surface area (Å²) < 4.78 is 0. The van der Waals surface area contributed by atoms with Gasteiger partial charge in [-0.2, -0.15) is 12.6 Å². The van der Waals surface area contributed by atoms with E-state index in [9.17, 15) is 4.79 Å². The fourth-order valence-electron chi connectivity index (χ4n) is 1.45. The van der Waals surface area contributed by atoms with Crippen LogP contribution >= 0.6 is 12.6 Å². The molecule has 0 saturated carbocycles. The van der Waals surface area contributed by atoms with E-state index in [1.807, 2.05) is 4.90 Å². The third kappa shape index (κ3) is 2.38.